The number of pyridine rings is 1. The molecule has 2 saturated carbocycles. The molecule has 1 saturated heterocycles. The molecule has 0 spiro atoms. The lowest BCUT2D eigenvalue weighted by atomic mass is 9.89. The van der Waals surface area contributed by atoms with Gasteiger partial charge in [-0.1, -0.05) is 12.8 Å². The number of ether oxygens (including phenoxy) is 1. The average molecular weight is 458 g/mol. The SMILES string of the molecule is CC(C)(C)[S+]([O-])NC1(c2cc(O[C@@H]3[C@@H]4CNC[C@@H]43)nc(-c3ccc(F)cc3)c2)CCCC1. The minimum Gasteiger partial charge on any atom is -0.598 e. The normalized spacial score (nSPS) is 27.2. The highest BCUT2D eigenvalue weighted by Gasteiger charge is 2.55. The highest BCUT2D eigenvalue weighted by molar-refractivity contribution is 7.90. The highest BCUT2D eigenvalue weighted by atomic mass is 32.2. The van der Waals surface area contributed by atoms with Crippen LogP contribution < -0.4 is 14.8 Å². The number of benzene rings is 1. The summed E-state index contributed by atoms with van der Waals surface area (Å²) in [5.74, 6) is 1.45. The Balaban J connectivity index is 1.52. The molecule has 5 nitrogen and oxygen atoms in total. The quantitative estimate of drug-likeness (QED) is 0.633. The smallest absolute Gasteiger partial charge is 0.214 e. The predicted molar refractivity (Wildman–Crippen MR) is 125 cm³/mol. The minimum atomic E-state index is -1.20. The van der Waals surface area contributed by atoms with Gasteiger partial charge in [0.05, 0.1) is 11.2 Å². The Morgan fingerprint density at radius 3 is 2.41 bits per heavy atom. The van der Waals surface area contributed by atoms with E-state index in [0.717, 1.165) is 55.6 Å². The lowest BCUT2D eigenvalue weighted by molar-refractivity contribution is 0.251. The van der Waals surface area contributed by atoms with E-state index in [1.165, 1.54) is 12.1 Å². The molecular weight excluding hydrogens is 425 g/mol. The van der Waals surface area contributed by atoms with Crippen LogP contribution >= 0.6 is 0 Å². The van der Waals surface area contributed by atoms with Crippen molar-refractivity contribution in [1.82, 2.24) is 15.0 Å². The van der Waals surface area contributed by atoms with E-state index in [0.29, 0.717) is 17.7 Å². The molecule has 4 atom stereocenters. The predicted octanol–water partition coefficient (Wildman–Crippen LogP) is 4.31. The first-order valence-electron chi connectivity index (χ1n) is 11.6. The fraction of sp³-hybridized carbons (Fsp3) is 0.560. The fourth-order valence-electron chi connectivity index (χ4n) is 5.04. The zero-order valence-corrected chi connectivity index (χ0v) is 19.8. The minimum absolute atomic E-state index is 0.205. The van der Waals surface area contributed by atoms with Crippen molar-refractivity contribution in [3.8, 4) is 17.1 Å². The molecule has 1 aliphatic heterocycles. The summed E-state index contributed by atoms with van der Waals surface area (Å²) < 4.78 is 36.1. The molecule has 172 valence electrons. The fourth-order valence-corrected chi connectivity index (χ4v) is 6.03. The molecule has 0 amide bonds. The summed E-state index contributed by atoms with van der Waals surface area (Å²) >= 11 is -1.20. The lowest BCUT2D eigenvalue weighted by Crippen LogP contribution is -2.50. The van der Waals surface area contributed by atoms with Crippen molar-refractivity contribution < 1.29 is 13.7 Å². The third-order valence-electron chi connectivity index (χ3n) is 7.07. The highest BCUT2D eigenvalue weighted by Crippen LogP contribution is 2.46. The van der Waals surface area contributed by atoms with Crippen molar-refractivity contribution in [3.05, 3.63) is 47.8 Å². The molecule has 1 aromatic carbocycles. The van der Waals surface area contributed by atoms with Crippen molar-refractivity contribution in [2.24, 2.45) is 11.8 Å². The molecule has 3 aliphatic rings. The number of fused-ring (bicyclic) bond motifs is 1. The first kappa shape index (κ1) is 22.1. The van der Waals surface area contributed by atoms with Gasteiger partial charge in [-0.3, -0.25) is 0 Å². The van der Waals surface area contributed by atoms with Gasteiger partial charge in [-0.25, -0.2) is 9.37 Å². The molecule has 2 heterocycles. The van der Waals surface area contributed by atoms with E-state index in [1.807, 2.05) is 26.8 Å². The van der Waals surface area contributed by atoms with Crippen LogP contribution in [0.15, 0.2) is 36.4 Å². The number of nitrogens with zero attached hydrogens (tertiary/aromatic N) is 1. The van der Waals surface area contributed by atoms with E-state index in [1.54, 1.807) is 12.1 Å². The molecule has 2 aromatic rings. The maximum absolute atomic E-state index is 13.5. The zero-order chi connectivity index (χ0) is 22.5. The van der Waals surface area contributed by atoms with Gasteiger partial charge in [0.1, 0.15) is 16.7 Å². The monoisotopic (exact) mass is 457 g/mol. The number of hydrogen-bond donors (Lipinski definition) is 2. The lowest BCUT2D eigenvalue weighted by Gasteiger charge is -2.35. The molecule has 7 heteroatoms. The first-order valence-corrected chi connectivity index (χ1v) is 12.8. The van der Waals surface area contributed by atoms with Crippen LogP contribution in [0.5, 0.6) is 5.88 Å². The number of rotatable bonds is 6. The van der Waals surface area contributed by atoms with Gasteiger partial charge in [0.2, 0.25) is 5.88 Å². The second-order valence-electron chi connectivity index (χ2n) is 10.4. The number of aromatic nitrogens is 1. The average Bonchev–Trinajstić information content (AvgIpc) is 3.14. The number of piperidine rings is 1. The molecule has 0 radical (unpaired) electrons. The van der Waals surface area contributed by atoms with E-state index in [-0.39, 0.29) is 22.2 Å². The number of nitrogens with one attached hydrogen (secondary N) is 2. The molecule has 3 fully saturated rings. The van der Waals surface area contributed by atoms with Gasteiger partial charge in [-0.15, -0.1) is 4.72 Å². The molecular formula is C25H32FN3O2S. The summed E-state index contributed by atoms with van der Waals surface area (Å²) in [6.45, 7) is 7.96. The maximum Gasteiger partial charge on any atom is 0.214 e. The summed E-state index contributed by atoms with van der Waals surface area (Å²) in [5, 5.41) is 3.40. The summed E-state index contributed by atoms with van der Waals surface area (Å²) in [4.78, 5) is 4.80. The zero-order valence-electron chi connectivity index (χ0n) is 19.0. The second kappa shape index (κ2) is 8.28. The Hall–Kier alpha value is -1.67. The Morgan fingerprint density at radius 2 is 1.78 bits per heavy atom. The third-order valence-corrected chi connectivity index (χ3v) is 8.75. The van der Waals surface area contributed by atoms with Gasteiger partial charge in [-0.2, -0.15) is 0 Å². The van der Waals surface area contributed by atoms with Crippen molar-refractivity contribution in [3.63, 3.8) is 0 Å². The standard InChI is InChI=1S/C25H32FN3O2S/c1-24(2,3)32(30)29-25(10-4-5-11-25)17-12-21(16-6-8-18(26)9-7-16)28-22(13-17)31-23-19-14-27-15-20(19)23/h6-9,12-13,19-20,23,27,29H,4-5,10-11,14-15H2,1-3H3/t19-,20+,23-,32?. The van der Waals surface area contributed by atoms with Crippen LogP contribution in [0.25, 0.3) is 11.3 Å². The summed E-state index contributed by atoms with van der Waals surface area (Å²) in [5.41, 5.74) is 2.28. The van der Waals surface area contributed by atoms with Crippen molar-refractivity contribution in [1.29, 1.82) is 0 Å². The molecule has 2 aliphatic carbocycles. The Morgan fingerprint density at radius 1 is 1.12 bits per heavy atom. The van der Waals surface area contributed by atoms with Crippen LogP contribution in [0.2, 0.25) is 0 Å². The van der Waals surface area contributed by atoms with Crippen LogP contribution in [-0.2, 0) is 16.9 Å². The van der Waals surface area contributed by atoms with Crippen LogP contribution in [0.4, 0.5) is 4.39 Å². The molecule has 1 unspecified atom stereocenters. The van der Waals surface area contributed by atoms with Gasteiger partial charge < -0.3 is 14.6 Å². The summed E-state index contributed by atoms with van der Waals surface area (Å²) in [6, 6.07) is 10.5. The summed E-state index contributed by atoms with van der Waals surface area (Å²) in [6.07, 6.45) is 4.20. The van der Waals surface area contributed by atoms with Crippen LogP contribution in [0.1, 0.15) is 52.0 Å². The van der Waals surface area contributed by atoms with Gasteiger partial charge in [0.15, 0.2) is 0 Å². The van der Waals surface area contributed by atoms with E-state index in [4.69, 9.17) is 9.72 Å². The van der Waals surface area contributed by atoms with Crippen LogP contribution in [0.3, 0.4) is 0 Å². The molecule has 5 rings (SSSR count). The summed E-state index contributed by atoms with van der Waals surface area (Å²) in [7, 11) is 0. The molecule has 32 heavy (non-hydrogen) atoms. The van der Waals surface area contributed by atoms with Crippen LogP contribution in [-0.4, -0.2) is 33.5 Å². The first-order chi connectivity index (χ1) is 15.2. The van der Waals surface area contributed by atoms with Gasteiger partial charge in [0, 0.05) is 47.9 Å². The van der Waals surface area contributed by atoms with E-state index < -0.39 is 11.4 Å². The van der Waals surface area contributed by atoms with Crippen LogP contribution in [0, 0.1) is 17.7 Å². The second-order valence-corrected chi connectivity index (χ2v) is 12.4. The largest absolute Gasteiger partial charge is 0.598 e. The van der Waals surface area contributed by atoms with E-state index in [9.17, 15) is 8.94 Å². The van der Waals surface area contributed by atoms with Crippen molar-refractivity contribution in [2.45, 2.75) is 62.8 Å². The Bertz CT molecular complexity index is 962. The van der Waals surface area contributed by atoms with Gasteiger partial charge in [0.25, 0.3) is 0 Å². The Kier molecular flexibility index (Phi) is 5.73. The number of hydrogen-bond acceptors (Lipinski definition) is 5. The number of halogens is 1. The maximum atomic E-state index is 13.5. The molecule has 1 aromatic heterocycles. The van der Waals surface area contributed by atoms with Gasteiger partial charge >= 0.3 is 0 Å². The van der Waals surface area contributed by atoms with Crippen molar-refractivity contribution >= 4 is 11.4 Å². The topological polar surface area (TPSA) is 69.2 Å². The van der Waals surface area contributed by atoms with E-state index in [2.05, 4.69) is 16.1 Å². The van der Waals surface area contributed by atoms with Crippen molar-refractivity contribution in [2.75, 3.05) is 13.1 Å². The van der Waals surface area contributed by atoms with E-state index >= 15 is 0 Å². The molecule has 0 bridgehead atoms. The van der Waals surface area contributed by atoms with Gasteiger partial charge in [-0.05, 0) is 69.5 Å². The Labute approximate surface area is 192 Å². The third kappa shape index (κ3) is 4.28. The molecule has 2 N–H and O–H groups in total.